The van der Waals surface area contributed by atoms with E-state index >= 15 is 0 Å². The van der Waals surface area contributed by atoms with Crippen LogP contribution in [0.15, 0.2) is 50.9 Å². The molecule has 0 aliphatic heterocycles. The van der Waals surface area contributed by atoms with Gasteiger partial charge in [-0.15, -0.1) is 0 Å². The van der Waals surface area contributed by atoms with E-state index in [0.717, 1.165) is 13.8 Å². The third-order valence-corrected chi connectivity index (χ3v) is 4.09. The number of aryl methyl sites for hydroxylation is 1. The van der Waals surface area contributed by atoms with E-state index in [2.05, 4.69) is 27.7 Å². The Morgan fingerprint density at radius 1 is 1.14 bits per heavy atom. The molecule has 7 heteroatoms. The van der Waals surface area contributed by atoms with Crippen LogP contribution in [0.3, 0.4) is 0 Å². The summed E-state index contributed by atoms with van der Waals surface area (Å²) in [6, 6.07) is 9.37. The molecule has 0 atom stereocenters. The average molecular weight is 409 g/mol. The summed E-state index contributed by atoms with van der Waals surface area (Å²) >= 11 is 2.20. The lowest BCUT2D eigenvalue weighted by Crippen LogP contribution is -2.38. The van der Waals surface area contributed by atoms with Crippen molar-refractivity contribution in [3.63, 3.8) is 0 Å². The molecule has 0 aliphatic carbocycles. The summed E-state index contributed by atoms with van der Waals surface area (Å²) < 4.78 is 3.58. The average Bonchev–Trinajstić information content (AvgIpc) is 2.48. The number of hydrogen-bond acceptors (Lipinski definition) is 3. The summed E-state index contributed by atoms with van der Waals surface area (Å²) in [6.07, 6.45) is 1.62. The van der Waals surface area contributed by atoms with E-state index in [1.54, 1.807) is 12.3 Å². The largest absolute Gasteiger partial charge is 0.313 e. The molecule has 1 N–H and O–H groups in total. The van der Waals surface area contributed by atoms with Crippen LogP contribution in [0.2, 0.25) is 0 Å². The minimum Gasteiger partial charge on any atom is -0.310 e. The molecule has 3 aromatic rings. The Kier molecular flexibility index (Phi) is 3.73. The molecule has 0 fully saturated rings. The Morgan fingerprint density at radius 3 is 2.64 bits per heavy atom. The predicted molar refractivity (Wildman–Crippen MR) is 92.3 cm³/mol. The smallest absolute Gasteiger partial charge is 0.310 e. The maximum atomic E-state index is 12.5. The predicted octanol–water partition coefficient (Wildman–Crippen LogP) is 1.04. The lowest BCUT2D eigenvalue weighted by atomic mass is 10.2. The highest BCUT2D eigenvalue weighted by Crippen LogP contribution is 2.09. The third kappa shape index (κ3) is 2.52. The van der Waals surface area contributed by atoms with Gasteiger partial charge in [-0.1, -0.05) is 12.1 Å². The van der Waals surface area contributed by atoms with Gasteiger partial charge in [-0.3, -0.25) is 24.2 Å². The number of pyridine rings is 1. The van der Waals surface area contributed by atoms with E-state index in [4.69, 9.17) is 0 Å². The summed E-state index contributed by atoms with van der Waals surface area (Å²) in [7, 11) is 1.45. The van der Waals surface area contributed by atoms with Gasteiger partial charge in [-0.25, -0.2) is 0 Å². The highest BCUT2D eigenvalue weighted by Gasteiger charge is 2.11. The van der Waals surface area contributed by atoms with Crippen LogP contribution in [-0.2, 0) is 13.6 Å². The van der Waals surface area contributed by atoms with E-state index in [1.807, 2.05) is 24.3 Å². The highest BCUT2D eigenvalue weighted by molar-refractivity contribution is 14.1. The van der Waals surface area contributed by atoms with E-state index in [1.165, 1.54) is 11.6 Å². The topological polar surface area (TPSA) is 76.9 Å². The van der Waals surface area contributed by atoms with Crippen LogP contribution >= 0.6 is 22.6 Å². The second-order valence-corrected chi connectivity index (χ2v) is 6.22. The van der Waals surface area contributed by atoms with Crippen LogP contribution in [0.5, 0.6) is 0 Å². The summed E-state index contributed by atoms with van der Waals surface area (Å²) in [6.45, 7) is 0.347. The van der Waals surface area contributed by atoms with Gasteiger partial charge in [0.05, 0.1) is 12.1 Å². The van der Waals surface area contributed by atoms with Gasteiger partial charge in [0.25, 0.3) is 11.0 Å². The number of fused-ring (bicyclic) bond motifs is 1. The number of aromatic nitrogens is 3. The van der Waals surface area contributed by atoms with Crippen LogP contribution in [0, 0.1) is 3.57 Å². The van der Waals surface area contributed by atoms with E-state index in [0.29, 0.717) is 12.1 Å². The van der Waals surface area contributed by atoms with Gasteiger partial charge >= 0.3 is 5.56 Å². The third-order valence-electron chi connectivity index (χ3n) is 3.42. The summed E-state index contributed by atoms with van der Waals surface area (Å²) in [5.74, 6) is 0. The van der Waals surface area contributed by atoms with Gasteiger partial charge in [0.1, 0.15) is 5.39 Å². The van der Waals surface area contributed by atoms with Crippen molar-refractivity contribution in [1.29, 1.82) is 0 Å². The molecule has 1 aromatic carbocycles. The zero-order valence-corrected chi connectivity index (χ0v) is 13.8. The van der Waals surface area contributed by atoms with Gasteiger partial charge < -0.3 is 4.57 Å². The molecule has 2 aromatic heterocycles. The molecule has 112 valence electrons. The van der Waals surface area contributed by atoms with E-state index in [9.17, 15) is 14.4 Å². The first-order chi connectivity index (χ1) is 10.5. The molecule has 0 amide bonds. The van der Waals surface area contributed by atoms with Crippen molar-refractivity contribution in [3.8, 4) is 0 Å². The van der Waals surface area contributed by atoms with Gasteiger partial charge in [0.2, 0.25) is 0 Å². The Labute approximate surface area is 138 Å². The molecular weight excluding hydrogens is 397 g/mol. The second kappa shape index (κ2) is 5.56. The second-order valence-electron chi connectivity index (χ2n) is 4.97. The number of halogens is 1. The molecule has 0 spiro atoms. The maximum absolute atomic E-state index is 12.5. The minimum atomic E-state index is -0.779. The number of aromatic amines is 1. The molecule has 2 heterocycles. The lowest BCUT2D eigenvalue weighted by molar-refractivity contribution is 0.712. The number of benzene rings is 1. The fraction of sp³-hybridized carbons (Fsp3) is 0.133. The Balaban J connectivity index is 2.21. The number of rotatable bonds is 2. The van der Waals surface area contributed by atoms with Gasteiger partial charge in [-0.2, -0.15) is 0 Å². The fourth-order valence-electron chi connectivity index (χ4n) is 2.33. The minimum absolute atomic E-state index is 0.101. The summed E-state index contributed by atoms with van der Waals surface area (Å²) in [5, 5.41) is 2.63. The molecule has 0 saturated carbocycles. The monoisotopic (exact) mass is 409 g/mol. The first-order valence-corrected chi connectivity index (χ1v) is 7.62. The quantitative estimate of drug-likeness (QED) is 0.508. The number of hydrogen-bond donors (Lipinski definition) is 1. The molecule has 0 unspecified atom stereocenters. The SMILES string of the molecule is Cn1[nH]c2ccn(Cc3cccc(I)c3)c(=O)c2c(=O)c1=O. The molecule has 0 radical (unpaired) electrons. The van der Waals surface area contributed by atoms with Crippen molar-refractivity contribution in [2.75, 3.05) is 0 Å². The van der Waals surface area contributed by atoms with E-state index < -0.39 is 16.5 Å². The first-order valence-electron chi connectivity index (χ1n) is 6.54. The molecular formula is C15H12IN3O3. The zero-order valence-electron chi connectivity index (χ0n) is 11.7. The maximum Gasteiger partial charge on any atom is 0.313 e. The number of nitrogens with one attached hydrogen (secondary N) is 1. The van der Waals surface area contributed by atoms with Crippen molar-refractivity contribution in [2.45, 2.75) is 6.54 Å². The van der Waals surface area contributed by atoms with Crippen molar-refractivity contribution < 1.29 is 0 Å². The standard InChI is InChI=1S/C15H12IN3O3/c1-18-15(22)13(20)12-11(17-18)5-6-19(14(12)21)8-9-3-2-4-10(16)7-9/h2-7,17H,8H2,1H3. The van der Waals surface area contributed by atoms with Crippen molar-refractivity contribution >= 4 is 33.5 Å². The zero-order chi connectivity index (χ0) is 15.9. The van der Waals surface area contributed by atoms with Crippen molar-refractivity contribution in [3.05, 3.63) is 76.6 Å². The summed E-state index contributed by atoms with van der Waals surface area (Å²) in [5.41, 5.74) is -0.672. The normalized spacial score (nSPS) is 11.0. The first kappa shape index (κ1) is 14.8. The van der Waals surface area contributed by atoms with Crippen LogP contribution in [0.1, 0.15) is 5.56 Å². The number of H-pyrrole nitrogens is 1. The van der Waals surface area contributed by atoms with Gasteiger partial charge in [0.15, 0.2) is 0 Å². The van der Waals surface area contributed by atoms with Crippen LogP contribution in [0.25, 0.3) is 10.9 Å². The Morgan fingerprint density at radius 2 is 1.91 bits per heavy atom. The van der Waals surface area contributed by atoms with Crippen LogP contribution in [-0.4, -0.2) is 14.3 Å². The van der Waals surface area contributed by atoms with E-state index in [-0.39, 0.29) is 5.39 Å². The van der Waals surface area contributed by atoms with Crippen molar-refractivity contribution in [2.24, 2.45) is 7.05 Å². The summed E-state index contributed by atoms with van der Waals surface area (Å²) in [4.78, 5) is 36.3. The van der Waals surface area contributed by atoms with Gasteiger partial charge in [0, 0.05) is 16.8 Å². The van der Waals surface area contributed by atoms with Crippen molar-refractivity contribution in [1.82, 2.24) is 14.3 Å². The molecule has 3 rings (SSSR count). The lowest BCUT2D eigenvalue weighted by Gasteiger charge is -2.08. The molecule has 0 saturated heterocycles. The Hall–Kier alpha value is -2.16. The van der Waals surface area contributed by atoms with Gasteiger partial charge in [-0.05, 0) is 46.4 Å². The molecule has 22 heavy (non-hydrogen) atoms. The molecule has 0 bridgehead atoms. The number of nitrogens with zero attached hydrogens (tertiary/aromatic N) is 2. The van der Waals surface area contributed by atoms with Crippen LogP contribution < -0.4 is 16.5 Å². The van der Waals surface area contributed by atoms with Crippen LogP contribution in [0.4, 0.5) is 0 Å². The molecule has 0 aliphatic rings. The Bertz CT molecular complexity index is 1050. The molecule has 6 nitrogen and oxygen atoms in total. The fourth-order valence-corrected chi connectivity index (χ4v) is 2.94. The highest BCUT2D eigenvalue weighted by atomic mass is 127.